The van der Waals surface area contributed by atoms with Crippen LogP contribution in [0.1, 0.15) is 168 Å². The van der Waals surface area contributed by atoms with Crippen LogP contribution in [-0.4, -0.2) is 40.1 Å². The summed E-state index contributed by atoms with van der Waals surface area (Å²) < 4.78 is 9.79. The predicted molar refractivity (Wildman–Crippen MR) is 279 cm³/mol. The Bertz CT molecular complexity index is 2520. The number of aromatic nitrogens is 2. The Morgan fingerprint density at radius 2 is 1.06 bits per heavy atom. The van der Waals surface area contributed by atoms with Crippen LogP contribution in [0.4, 0.5) is 0 Å². The van der Waals surface area contributed by atoms with Crippen molar-refractivity contribution in [1.29, 1.82) is 0 Å². The minimum atomic E-state index is -2.07. The van der Waals surface area contributed by atoms with Gasteiger partial charge in [-0.1, -0.05) is 131 Å². The average Bonchev–Trinajstić information content (AvgIpc) is 4.15. The Morgan fingerprint density at radius 3 is 1.62 bits per heavy atom. The van der Waals surface area contributed by atoms with Crippen LogP contribution in [0, 0.1) is 25.7 Å². The standard InChI is InChI=1S/C52H67N3O2S5Si/c1-8-13-14-15-16-17-18-19-20-21-28-55-51(56)45-43(38-25-24-33(6)58-38)47-48(54-62-53-47)44(46(45)52(55)57)39-27-26-37(60-39)40-30-42-50(61-40)49-41(29-34(7)59-49)63(42,31-35(11-4)22-9-2)32-36(12-5)23-10-3/h24-27,29-30,35-36H,8-23,28,31-32H2,1-7H3. The molecule has 0 aliphatic carbocycles. The first-order valence-electron chi connectivity index (χ1n) is 24.3. The molecule has 5 aromatic heterocycles. The summed E-state index contributed by atoms with van der Waals surface area (Å²) in [5.74, 6) is 1.14. The van der Waals surface area contributed by atoms with Crippen molar-refractivity contribution in [3.8, 4) is 40.4 Å². The van der Waals surface area contributed by atoms with Crippen LogP contribution in [-0.2, 0) is 0 Å². The van der Waals surface area contributed by atoms with Crippen LogP contribution < -0.4 is 10.4 Å². The van der Waals surface area contributed by atoms with Gasteiger partial charge in [0.2, 0.25) is 0 Å². The van der Waals surface area contributed by atoms with Crippen molar-refractivity contribution in [2.45, 2.75) is 163 Å². The fraction of sp³-hybridized carbons (Fsp3) is 0.538. The van der Waals surface area contributed by atoms with Crippen molar-refractivity contribution in [1.82, 2.24) is 13.6 Å². The second-order valence-corrected chi connectivity index (χ2v) is 27.8. The number of fused-ring (bicyclic) bond motifs is 5. The second kappa shape index (κ2) is 20.8. The lowest BCUT2D eigenvalue weighted by Gasteiger charge is -2.35. The van der Waals surface area contributed by atoms with E-state index in [0.717, 1.165) is 67.9 Å². The average molecular weight is 955 g/mol. The monoisotopic (exact) mass is 953 g/mol. The van der Waals surface area contributed by atoms with Gasteiger partial charge in [0.25, 0.3) is 11.8 Å². The number of imide groups is 1. The van der Waals surface area contributed by atoms with Crippen molar-refractivity contribution in [3.05, 3.63) is 57.3 Å². The molecule has 63 heavy (non-hydrogen) atoms. The molecule has 2 unspecified atom stereocenters. The lowest BCUT2D eigenvalue weighted by Crippen LogP contribution is -2.56. The Morgan fingerprint density at radius 1 is 0.540 bits per heavy atom. The maximum atomic E-state index is 14.8. The number of hydrogen-bond acceptors (Lipinski definition) is 9. The largest absolute Gasteiger partial charge is 0.274 e. The first kappa shape index (κ1) is 46.7. The molecule has 336 valence electrons. The highest BCUT2D eigenvalue weighted by Gasteiger charge is 2.50. The molecule has 0 radical (unpaired) electrons. The van der Waals surface area contributed by atoms with Crippen LogP contribution in [0.3, 0.4) is 0 Å². The van der Waals surface area contributed by atoms with Gasteiger partial charge in [-0.3, -0.25) is 14.5 Å². The number of benzene rings is 1. The summed E-state index contributed by atoms with van der Waals surface area (Å²) in [5, 5.41) is 3.42. The summed E-state index contributed by atoms with van der Waals surface area (Å²) in [7, 11) is -2.07. The molecular formula is C52H67N3O2S5Si. The van der Waals surface area contributed by atoms with Gasteiger partial charge in [-0.25, -0.2) is 0 Å². The zero-order valence-corrected chi connectivity index (χ0v) is 43.8. The number of rotatable bonds is 24. The smallest absolute Gasteiger partial charge is 0.262 e. The van der Waals surface area contributed by atoms with Crippen molar-refractivity contribution in [3.63, 3.8) is 0 Å². The third-order valence-corrected chi connectivity index (χ3v) is 25.1. The third kappa shape index (κ3) is 9.19. The highest BCUT2D eigenvalue weighted by molar-refractivity contribution is 7.32. The molecule has 2 atom stereocenters. The fourth-order valence-corrected chi connectivity index (χ4v) is 23.8. The molecule has 2 aliphatic heterocycles. The van der Waals surface area contributed by atoms with Crippen LogP contribution in [0.5, 0.6) is 0 Å². The van der Waals surface area contributed by atoms with Crippen molar-refractivity contribution in [2.75, 3.05) is 6.54 Å². The number of thiophene rings is 4. The third-order valence-electron chi connectivity index (χ3n) is 14.1. The normalized spacial score (nSPS) is 16.7. The molecule has 0 fully saturated rings. The summed E-state index contributed by atoms with van der Waals surface area (Å²) in [6.07, 6.45) is 19.7. The van der Waals surface area contributed by atoms with E-state index in [1.54, 1.807) is 42.8 Å². The number of aryl methyl sites for hydroxylation is 2. The van der Waals surface area contributed by atoms with Crippen molar-refractivity contribution in [2.24, 2.45) is 11.8 Å². The van der Waals surface area contributed by atoms with Crippen molar-refractivity contribution >= 4 is 98.4 Å². The summed E-state index contributed by atoms with van der Waals surface area (Å²) in [5.41, 5.74) is 4.05. The van der Waals surface area contributed by atoms with Gasteiger partial charge < -0.3 is 0 Å². The van der Waals surface area contributed by atoms with Crippen molar-refractivity contribution < 1.29 is 9.59 Å². The molecule has 5 nitrogen and oxygen atoms in total. The highest BCUT2D eigenvalue weighted by Crippen LogP contribution is 2.51. The molecule has 0 N–H and O–H groups in total. The zero-order valence-electron chi connectivity index (χ0n) is 38.8. The molecule has 0 bridgehead atoms. The molecule has 8 rings (SSSR count). The van der Waals surface area contributed by atoms with Gasteiger partial charge in [-0.15, -0.1) is 45.3 Å². The zero-order chi connectivity index (χ0) is 44.3. The first-order valence-corrected chi connectivity index (χ1v) is 30.7. The van der Waals surface area contributed by atoms with Gasteiger partial charge in [0.15, 0.2) is 0 Å². The number of carbonyl (C=O) groups is 2. The molecule has 6 aromatic rings. The van der Waals surface area contributed by atoms with E-state index in [0.29, 0.717) is 17.7 Å². The quantitative estimate of drug-likeness (QED) is 0.0344. The number of amides is 2. The molecule has 7 heterocycles. The Hall–Kier alpha value is -2.80. The van der Waals surface area contributed by atoms with E-state index < -0.39 is 8.07 Å². The molecular weight excluding hydrogens is 887 g/mol. The van der Waals surface area contributed by atoms with E-state index in [4.69, 9.17) is 8.75 Å². The van der Waals surface area contributed by atoms with E-state index in [-0.39, 0.29) is 11.8 Å². The van der Waals surface area contributed by atoms with Gasteiger partial charge in [-0.2, -0.15) is 8.75 Å². The lowest BCUT2D eigenvalue weighted by atomic mass is 9.93. The minimum absolute atomic E-state index is 0.179. The highest BCUT2D eigenvalue weighted by atomic mass is 32.1. The Labute approximate surface area is 398 Å². The van der Waals surface area contributed by atoms with E-state index in [9.17, 15) is 9.59 Å². The molecule has 2 amide bonds. The van der Waals surface area contributed by atoms with Crippen LogP contribution >= 0.6 is 57.1 Å². The lowest BCUT2D eigenvalue weighted by molar-refractivity contribution is 0.0652. The number of unbranched alkanes of at least 4 members (excludes halogenated alkanes) is 9. The SMILES string of the molecule is CCCCCCCCCCCCN1C(=O)c2c(c(-c3ccc(-c4cc5c(s4)-c4sc(C)cc4[Si]5(CC(CC)CCC)CC(CC)CCC)s3)c3nsnc3c2-c2ccc(C)s2)C1=O. The van der Waals surface area contributed by atoms with Gasteiger partial charge in [0.05, 0.1) is 22.9 Å². The first-order chi connectivity index (χ1) is 30.7. The minimum Gasteiger partial charge on any atom is -0.274 e. The molecule has 2 aliphatic rings. The molecule has 0 saturated heterocycles. The summed E-state index contributed by atoms with van der Waals surface area (Å²) in [6, 6.07) is 16.5. The molecule has 0 saturated carbocycles. The summed E-state index contributed by atoms with van der Waals surface area (Å²) in [6.45, 7) is 16.7. The molecule has 0 spiro atoms. The van der Waals surface area contributed by atoms with Crippen LogP contribution in [0.15, 0.2) is 36.4 Å². The maximum absolute atomic E-state index is 14.8. The van der Waals surface area contributed by atoms with Gasteiger partial charge in [-0.05, 0) is 91.0 Å². The number of hydrogen-bond donors (Lipinski definition) is 0. The van der Waals surface area contributed by atoms with Gasteiger partial charge >= 0.3 is 0 Å². The van der Waals surface area contributed by atoms with E-state index in [1.165, 1.54) is 127 Å². The number of nitrogens with zero attached hydrogens (tertiary/aromatic N) is 3. The number of carbonyl (C=O) groups excluding carboxylic acids is 2. The Balaban J connectivity index is 1.16. The Kier molecular flexibility index (Phi) is 15.4. The fourth-order valence-electron chi connectivity index (χ4n) is 10.9. The predicted octanol–water partition coefficient (Wildman–Crippen LogP) is 16.3. The van der Waals surface area contributed by atoms with E-state index in [1.807, 2.05) is 22.7 Å². The summed E-state index contributed by atoms with van der Waals surface area (Å²) in [4.78, 5) is 41.2. The topological polar surface area (TPSA) is 63.2 Å². The van der Waals surface area contributed by atoms with Gasteiger partial charge in [0.1, 0.15) is 19.1 Å². The van der Waals surface area contributed by atoms with Gasteiger partial charge in [0, 0.05) is 56.7 Å². The van der Waals surface area contributed by atoms with Crippen LogP contribution in [0.2, 0.25) is 12.1 Å². The maximum Gasteiger partial charge on any atom is 0.262 e. The second-order valence-electron chi connectivity index (χ2n) is 18.5. The molecule has 11 heteroatoms. The van der Waals surface area contributed by atoms with Crippen LogP contribution in [0.25, 0.3) is 51.4 Å². The molecule has 1 aromatic carbocycles. The van der Waals surface area contributed by atoms with E-state index >= 15 is 0 Å². The van der Waals surface area contributed by atoms with E-state index in [2.05, 4.69) is 84.9 Å². The summed E-state index contributed by atoms with van der Waals surface area (Å²) >= 11 is 8.60.